The van der Waals surface area contributed by atoms with E-state index in [1.54, 1.807) is 0 Å². The lowest BCUT2D eigenvalue weighted by Crippen LogP contribution is -2.64. The maximum Gasteiger partial charge on any atom is 0.335 e. The van der Waals surface area contributed by atoms with Gasteiger partial charge in [0.05, 0.1) is 16.6 Å². The van der Waals surface area contributed by atoms with Crippen LogP contribution >= 0.6 is 23.5 Å². The fourth-order valence-corrected chi connectivity index (χ4v) is 20.8. The molecular weight excluding hydrogens is 569 g/mol. The molecule has 2 aliphatic rings. The van der Waals surface area contributed by atoms with Crippen LogP contribution in [0.15, 0.2) is 24.3 Å². The van der Waals surface area contributed by atoms with Crippen molar-refractivity contribution in [2.75, 3.05) is 13.2 Å². The Balaban J connectivity index is 1.58. The lowest BCUT2D eigenvalue weighted by atomic mass is 10.1. The molecule has 0 aliphatic carbocycles. The lowest BCUT2D eigenvalue weighted by molar-refractivity contribution is 0.0660. The van der Waals surface area contributed by atoms with Gasteiger partial charge in [-0.15, -0.1) is 23.5 Å². The van der Waals surface area contributed by atoms with E-state index in [0.29, 0.717) is 32.7 Å². The van der Waals surface area contributed by atoms with Gasteiger partial charge in [0.15, 0.2) is 0 Å². The Hall–Kier alpha value is 0.0338. The number of rotatable bonds is 15. The molecule has 2 heterocycles. The van der Waals surface area contributed by atoms with Crippen molar-refractivity contribution in [2.24, 2.45) is 5.92 Å². The summed E-state index contributed by atoms with van der Waals surface area (Å²) < 4.78 is 28.1. The summed E-state index contributed by atoms with van der Waals surface area (Å²) in [6.07, 6.45) is 8.90. The summed E-state index contributed by atoms with van der Waals surface area (Å²) in [5.41, 5.74) is 3.09. The second kappa shape index (κ2) is 16.2. The smallest absolute Gasteiger partial charge is 0.335 e. The van der Waals surface area contributed by atoms with Gasteiger partial charge < -0.3 is 17.7 Å². The summed E-state index contributed by atoms with van der Waals surface area (Å²) in [5.74, 6) is 2.44. The van der Waals surface area contributed by atoms with Crippen LogP contribution in [-0.2, 0) is 18.7 Å². The van der Waals surface area contributed by atoms with Crippen LogP contribution in [-0.4, -0.2) is 40.4 Å². The minimum absolute atomic E-state index is 0.165. The molecule has 0 radical (unpaired) electrons. The predicted molar refractivity (Wildman–Crippen MR) is 180 cm³/mol. The monoisotopic (exact) mass is 626 g/mol. The summed E-state index contributed by atoms with van der Waals surface area (Å²) in [7, 11) is -4.97. The zero-order valence-corrected chi connectivity index (χ0v) is 30.5. The number of thioether (sulfide) groups is 2. The van der Waals surface area contributed by atoms with Gasteiger partial charge in [0.2, 0.25) is 0 Å². The van der Waals surface area contributed by atoms with Gasteiger partial charge in [-0.1, -0.05) is 107 Å². The largest absolute Gasteiger partial charge is 0.494 e. The third-order valence-corrected chi connectivity index (χ3v) is 22.1. The minimum atomic E-state index is -2.52. The van der Waals surface area contributed by atoms with E-state index < -0.39 is 17.1 Å². The fraction of sp³-hybridized carbons (Fsp3) is 0.812. The zero-order chi connectivity index (χ0) is 29.3. The van der Waals surface area contributed by atoms with E-state index in [4.69, 9.17) is 17.7 Å². The normalized spacial score (nSPS) is 24.5. The zero-order valence-electron chi connectivity index (χ0n) is 26.9. The standard InChI is InChI=1S/C32H58O4S2Si2/c1-10-11-12-13-14-15-20-33-30-18-16-28(17-19-30)23-37-31-21-29-22-34-39(24(2)3,25(4)5)36-40(26(6)7,27(8)9)35-32(29)38-31/h16-19,24-27,29,31-32H,10-15,20-23H2,1-9H3/t29-,31?,32+/m1/s1. The van der Waals surface area contributed by atoms with E-state index in [1.165, 1.54) is 37.7 Å². The molecule has 3 atom stereocenters. The van der Waals surface area contributed by atoms with E-state index in [-0.39, 0.29) is 5.44 Å². The van der Waals surface area contributed by atoms with Crippen LogP contribution in [0.1, 0.15) is 113 Å². The Morgan fingerprint density at radius 2 is 1.45 bits per heavy atom. The topological polar surface area (TPSA) is 36.9 Å². The van der Waals surface area contributed by atoms with Gasteiger partial charge in [-0.25, -0.2) is 0 Å². The van der Waals surface area contributed by atoms with Crippen LogP contribution in [0.5, 0.6) is 5.75 Å². The van der Waals surface area contributed by atoms with Crippen LogP contribution < -0.4 is 4.74 Å². The molecule has 1 aromatic rings. The van der Waals surface area contributed by atoms with Crippen molar-refractivity contribution in [1.29, 1.82) is 0 Å². The van der Waals surface area contributed by atoms with Gasteiger partial charge in [0, 0.05) is 18.3 Å². The van der Waals surface area contributed by atoms with Crippen molar-refractivity contribution in [1.82, 2.24) is 0 Å². The molecule has 40 heavy (non-hydrogen) atoms. The molecule has 0 spiro atoms. The van der Waals surface area contributed by atoms with E-state index >= 15 is 0 Å². The first-order valence-electron chi connectivity index (χ1n) is 16.0. The average Bonchev–Trinajstić information content (AvgIpc) is 3.27. The van der Waals surface area contributed by atoms with Gasteiger partial charge in [-0.2, -0.15) is 0 Å². The maximum atomic E-state index is 7.35. The number of unbranched alkanes of at least 4 members (excludes halogenated alkanes) is 5. The Bertz CT molecular complexity index is 849. The predicted octanol–water partition coefficient (Wildman–Crippen LogP) is 10.7. The Labute approximate surface area is 257 Å². The van der Waals surface area contributed by atoms with Gasteiger partial charge in [-0.3, -0.25) is 0 Å². The highest BCUT2D eigenvalue weighted by molar-refractivity contribution is 8.17. The van der Waals surface area contributed by atoms with Crippen molar-refractivity contribution in [3.05, 3.63) is 29.8 Å². The second-order valence-electron chi connectivity index (χ2n) is 13.1. The highest BCUT2D eigenvalue weighted by Crippen LogP contribution is 2.53. The number of hydrogen-bond donors (Lipinski definition) is 0. The molecule has 0 bridgehead atoms. The van der Waals surface area contributed by atoms with Crippen LogP contribution in [0.2, 0.25) is 22.2 Å². The Morgan fingerprint density at radius 1 is 0.850 bits per heavy atom. The van der Waals surface area contributed by atoms with Gasteiger partial charge in [0.1, 0.15) is 5.75 Å². The maximum absolute atomic E-state index is 7.35. The summed E-state index contributed by atoms with van der Waals surface area (Å²) in [4.78, 5) is 0. The molecule has 0 saturated carbocycles. The molecule has 2 aliphatic heterocycles. The Morgan fingerprint density at radius 3 is 2.05 bits per heavy atom. The molecule has 3 rings (SSSR count). The van der Waals surface area contributed by atoms with Crippen molar-refractivity contribution < 1.29 is 17.7 Å². The summed E-state index contributed by atoms with van der Waals surface area (Å²) in [6, 6.07) is 8.76. The van der Waals surface area contributed by atoms with Crippen LogP contribution in [0.3, 0.4) is 0 Å². The molecular formula is C32H58O4S2Si2. The molecule has 0 aromatic heterocycles. The molecule has 1 unspecified atom stereocenters. The van der Waals surface area contributed by atoms with Gasteiger partial charge in [0.25, 0.3) is 0 Å². The molecule has 4 nitrogen and oxygen atoms in total. The molecule has 0 amide bonds. The first-order chi connectivity index (χ1) is 19.0. The SMILES string of the molecule is CCCCCCCCOc1ccc(CSC2C[C@@H]3CO[Si](C(C)C)(C(C)C)O[Si](C(C)C)(C(C)C)O[C@H]3S2)cc1. The fourth-order valence-electron chi connectivity index (χ4n) is 6.13. The minimum Gasteiger partial charge on any atom is -0.494 e. The summed E-state index contributed by atoms with van der Waals surface area (Å²) >= 11 is 4.08. The quantitative estimate of drug-likeness (QED) is 0.142. The van der Waals surface area contributed by atoms with Crippen molar-refractivity contribution in [3.8, 4) is 5.75 Å². The molecule has 2 fully saturated rings. The summed E-state index contributed by atoms with van der Waals surface area (Å²) in [5, 5.41) is 0. The van der Waals surface area contributed by atoms with Crippen molar-refractivity contribution in [2.45, 2.75) is 145 Å². The van der Waals surface area contributed by atoms with E-state index in [9.17, 15) is 0 Å². The van der Waals surface area contributed by atoms with Crippen molar-refractivity contribution >= 4 is 40.6 Å². The molecule has 0 N–H and O–H groups in total. The van der Waals surface area contributed by atoms with E-state index in [1.807, 2.05) is 11.8 Å². The number of ether oxygens (including phenoxy) is 1. The molecule has 8 heteroatoms. The Kier molecular flexibility index (Phi) is 14.0. The van der Waals surface area contributed by atoms with Gasteiger partial charge in [-0.05, 0) is 52.7 Å². The number of hydrogen-bond acceptors (Lipinski definition) is 6. The first-order valence-corrected chi connectivity index (χ1v) is 22.0. The third-order valence-electron chi connectivity index (χ3n) is 8.65. The number of benzene rings is 1. The molecule has 230 valence electrons. The number of fused-ring (bicyclic) bond motifs is 1. The molecule has 2 saturated heterocycles. The summed E-state index contributed by atoms with van der Waals surface area (Å²) in [6.45, 7) is 22.3. The molecule has 1 aromatic carbocycles. The lowest BCUT2D eigenvalue weighted by Gasteiger charge is -2.51. The van der Waals surface area contributed by atoms with Crippen LogP contribution in [0.4, 0.5) is 0 Å². The highest BCUT2D eigenvalue weighted by Gasteiger charge is 2.59. The van der Waals surface area contributed by atoms with Crippen LogP contribution in [0.25, 0.3) is 0 Å². The van der Waals surface area contributed by atoms with Crippen molar-refractivity contribution in [3.63, 3.8) is 0 Å². The third kappa shape index (κ3) is 8.79. The second-order valence-corrected chi connectivity index (χ2v) is 24.7. The van der Waals surface area contributed by atoms with E-state index in [0.717, 1.165) is 37.6 Å². The van der Waals surface area contributed by atoms with Gasteiger partial charge >= 0.3 is 17.1 Å². The first kappa shape index (κ1) is 34.5. The average molecular weight is 627 g/mol. The van der Waals surface area contributed by atoms with Crippen LogP contribution in [0, 0.1) is 5.92 Å². The highest BCUT2D eigenvalue weighted by atomic mass is 32.2. The van der Waals surface area contributed by atoms with E-state index in [2.05, 4.69) is 98.3 Å².